The molecule has 0 amide bonds. The molecule has 0 aliphatic heterocycles. The van der Waals surface area contributed by atoms with Crippen molar-refractivity contribution in [1.29, 1.82) is 0 Å². The SMILES string of the molecule is COc1ccnc(CNCCC(C)C)c1OC.Cl.Cl. The van der Waals surface area contributed by atoms with E-state index in [4.69, 9.17) is 9.47 Å². The number of hydrogen-bond donors (Lipinski definition) is 1. The van der Waals surface area contributed by atoms with Crippen LogP contribution < -0.4 is 14.8 Å². The van der Waals surface area contributed by atoms with Crippen molar-refractivity contribution in [2.45, 2.75) is 26.8 Å². The highest BCUT2D eigenvalue weighted by Gasteiger charge is 2.10. The zero-order valence-electron chi connectivity index (χ0n) is 11.9. The first-order chi connectivity index (χ1) is 8.19. The molecule has 1 rings (SSSR count). The molecule has 0 aliphatic carbocycles. The minimum absolute atomic E-state index is 0. The van der Waals surface area contributed by atoms with Crippen LogP contribution in [0.15, 0.2) is 12.3 Å². The van der Waals surface area contributed by atoms with E-state index in [2.05, 4.69) is 24.1 Å². The van der Waals surface area contributed by atoms with E-state index in [1.165, 1.54) is 0 Å². The fourth-order valence-corrected chi connectivity index (χ4v) is 1.57. The van der Waals surface area contributed by atoms with Crippen molar-refractivity contribution in [1.82, 2.24) is 10.3 Å². The average Bonchev–Trinajstić information content (AvgIpc) is 2.33. The standard InChI is InChI=1S/C13H22N2O2.2ClH/c1-10(2)5-7-14-9-11-13(17-4)12(16-3)6-8-15-11;;/h6,8,10,14H,5,7,9H2,1-4H3;2*1H. The third-order valence-electron chi connectivity index (χ3n) is 2.56. The number of halogens is 2. The number of ether oxygens (including phenoxy) is 2. The van der Waals surface area contributed by atoms with Crippen molar-refractivity contribution in [3.8, 4) is 11.5 Å². The van der Waals surface area contributed by atoms with Crippen LogP contribution in [-0.4, -0.2) is 25.7 Å². The van der Waals surface area contributed by atoms with Crippen LogP contribution in [0.3, 0.4) is 0 Å². The molecule has 112 valence electrons. The molecule has 1 aromatic rings. The van der Waals surface area contributed by atoms with Crippen LogP contribution in [-0.2, 0) is 6.54 Å². The molecule has 19 heavy (non-hydrogen) atoms. The van der Waals surface area contributed by atoms with Gasteiger partial charge in [0, 0.05) is 18.8 Å². The smallest absolute Gasteiger partial charge is 0.183 e. The van der Waals surface area contributed by atoms with Crippen LogP contribution >= 0.6 is 24.8 Å². The molecule has 0 spiro atoms. The van der Waals surface area contributed by atoms with Crippen LogP contribution in [0.1, 0.15) is 26.0 Å². The van der Waals surface area contributed by atoms with Crippen LogP contribution in [0.2, 0.25) is 0 Å². The molecule has 1 N–H and O–H groups in total. The Balaban J connectivity index is 0. The average molecular weight is 311 g/mol. The summed E-state index contributed by atoms with van der Waals surface area (Å²) in [7, 11) is 3.27. The molecule has 0 radical (unpaired) electrons. The van der Waals surface area contributed by atoms with E-state index in [9.17, 15) is 0 Å². The van der Waals surface area contributed by atoms with Gasteiger partial charge in [-0.25, -0.2) is 0 Å². The lowest BCUT2D eigenvalue weighted by Gasteiger charge is -2.12. The second-order valence-corrected chi connectivity index (χ2v) is 4.35. The van der Waals surface area contributed by atoms with E-state index in [0.29, 0.717) is 18.2 Å². The number of nitrogens with zero attached hydrogens (tertiary/aromatic N) is 1. The Morgan fingerprint density at radius 3 is 2.42 bits per heavy atom. The van der Waals surface area contributed by atoms with E-state index < -0.39 is 0 Å². The van der Waals surface area contributed by atoms with Gasteiger partial charge in [0.25, 0.3) is 0 Å². The number of aromatic nitrogens is 1. The van der Waals surface area contributed by atoms with Crippen molar-refractivity contribution in [2.75, 3.05) is 20.8 Å². The highest BCUT2D eigenvalue weighted by molar-refractivity contribution is 5.85. The number of methoxy groups -OCH3 is 2. The number of hydrogen-bond acceptors (Lipinski definition) is 4. The highest BCUT2D eigenvalue weighted by Crippen LogP contribution is 2.28. The zero-order chi connectivity index (χ0) is 12.7. The summed E-state index contributed by atoms with van der Waals surface area (Å²) < 4.78 is 10.5. The molecule has 4 nitrogen and oxygen atoms in total. The predicted octanol–water partition coefficient (Wildman–Crippen LogP) is 3.08. The van der Waals surface area contributed by atoms with Crippen LogP contribution in [0.5, 0.6) is 11.5 Å². The van der Waals surface area contributed by atoms with E-state index in [1.54, 1.807) is 26.5 Å². The molecule has 0 unspecified atom stereocenters. The van der Waals surface area contributed by atoms with Crippen molar-refractivity contribution < 1.29 is 9.47 Å². The second kappa shape index (κ2) is 11.1. The van der Waals surface area contributed by atoms with E-state index in [1.807, 2.05) is 0 Å². The first-order valence-corrected chi connectivity index (χ1v) is 5.95. The lowest BCUT2D eigenvalue weighted by Crippen LogP contribution is -2.17. The van der Waals surface area contributed by atoms with Gasteiger partial charge >= 0.3 is 0 Å². The molecule has 1 heterocycles. The van der Waals surface area contributed by atoms with Crippen molar-refractivity contribution in [3.05, 3.63) is 18.0 Å². The fraction of sp³-hybridized carbons (Fsp3) is 0.615. The van der Waals surface area contributed by atoms with E-state index in [0.717, 1.165) is 24.4 Å². The van der Waals surface area contributed by atoms with Crippen LogP contribution in [0.25, 0.3) is 0 Å². The number of nitrogens with one attached hydrogen (secondary N) is 1. The van der Waals surface area contributed by atoms with Gasteiger partial charge in [0.2, 0.25) is 0 Å². The van der Waals surface area contributed by atoms with Gasteiger partial charge in [-0.15, -0.1) is 24.8 Å². The van der Waals surface area contributed by atoms with Gasteiger partial charge in [-0.3, -0.25) is 4.98 Å². The van der Waals surface area contributed by atoms with Crippen LogP contribution in [0.4, 0.5) is 0 Å². The third-order valence-corrected chi connectivity index (χ3v) is 2.56. The highest BCUT2D eigenvalue weighted by atomic mass is 35.5. The minimum atomic E-state index is 0. The molecule has 0 bridgehead atoms. The van der Waals surface area contributed by atoms with Crippen molar-refractivity contribution >= 4 is 24.8 Å². The summed E-state index contributed by atoms with van der Waals surface area (Å²) in [6.45, 7) is 6.12. The number of pyridine rings is 1. The molecule has 0 atom stereocenters. The first kappa shape index (κ1) is 20.6. The monoisotopic (exact) mass is 310 g/mol. The predicted molar refractivity (Wildman–Crippen MR) is 83.0 cm³/mol. The first-order valence-electron chi connectivity index (χ1n) is 5.95. The largest absolute Gasteiger partial charge is 0.493 e. The summed E-state index contributed by atoms with van der Waals surface area (Å²) in [6, 6.07) is 1.80. The molecule has 1 aromatic heterocycles. The maximum absolute atomic E-state index is 5.32. The van der Waals surface area contributed by atoms with Gasteiger partial charge < -0.3 is 14.8 Å². The summed E-state index contributed by atoms with van der Waals surface area (Å²) in [6.07, 6.45) is 2.90. The molecule has 0 aliphatic rings. The lowest BCUT2D eigenvalue weighted by molar-refractivity contribution is 0.348. The molecule has 6 heteroatoms. The Kier molecular flexibility index (Phi) is 12.1. The van der Waals surface area contributed by atoms with Crippen LogP contribution in [0, 0.1) is 5.92 Å². The Morgan fingerprint density at radius 2 is 1.89 bits per heavy atom. The van der Waals surface area contributed by atoms with E-state index in [-0.39, 0.29) is 24.8 Å². The van der Waals surface area contributed by atoms with Gasteiger partial charge in [-0.1, -0.05) is 13.8 Å². The van der Waals surface area contributed by atoms with Gasteiger partial charge in [0.05, 0.1) is 19.9 Å². The quantitative estimate of drug-likeness (QED) is 0.786. The summed E-state index contributed by atoms with van der Waals surface area (Å²) in [5.41, 5.74) is 0.885. The Bertz CT molecular complexity index is 349. The van der Waals surface area contributed by atoms with E-state index >= 15 is 0 Å². The zero-order valence-corrected chi connectivity index (χ0v) is 13.6. The van der Waals surface area contributed by atoms with Gasteiger partial charge in [-0.05, 0) is 18.9 Å². The summed E-state index contributed by atoms with van der Waals surface area (Å²) >= 11 is 0. The molecule has 0 saturated heterocycles. The maximum atomic E-state index is 5.32. The minimum Gasteiger partial charge on any atom is -0.493 e. The summed E-state index contributed by atoms with van der Waals surface area (Å²) in [4.78, 5) is 4.31. The Labute approximate surface area is 128 Å². The summed E-state index contributed by atoms with van der Waals surface area (Å²) in [5.74, 6) is 2.15. The van der Waals surface area contributed by atoms with Gasteiger partial charge in [0.1, 0.15) is 0 Å². The van der Waals surface area contributed by atoms with Crippen molar-refractivity contribution in [2.24, 2.45) is 5.92 Å². The normalized spacial score (nSPS) is 9.53. The summed E-state index contributed by atoms with van der Waals surface area (Å²) in [5, 5.41) is 3.36. The lowest BCUT2D eigenvalue weighted by atomic mass is 10.1. The van der Waals surface area contributed by atoms with Crippen molar-refractivity contribution in [3.63, 3.8) is 0 Å². The van der Waals surface area contributed by atoms with Gasteiger partial charge in [0.15, 0.2) is 11.5 Å². The fourth-order valence-electron chi connectivity index (χ4n) is 1.57. The topological polar surface area (TPSA) is 43.4 Å². The molecule has 0 aromatic carbocycles. The molecule has 0 saturated carbocycles. The molecular formula is C13H24Cl2N2O2. The Hall–Kier alpha value is -0.710. The second-order valence-electron chi connectivity index (χ2n) is 4.35. The van der Waals surface area contributed by atoms with Gasteiger partial charge in [-0.2, -0.15) is 0 Å². The Morgan fingerprint density at radius 1 is 1.21 bits per heavy atom. The third kappa shape index (κ3) is 6.85. The maximum Gasteiger partial charge on any atom is 0.183 e. The molecular weight excluding hydrogens is 287 g/mol. The molecule has 0 fully saturated rings. The number of rotatable bonds is 7.